The number of nitrogens with one attached hydrogen (secondary N) is 2. The molecule has 0 spiro atoms. The van der Waals surface area contributed by atoms with Crippen LogP contribution in [0, 0.1) is 0 Å². The van der Waals surface area contributed by atoms with Gasteiger partial charge in [-0.3, -0.25) is 0 Å². The number of benzene rings is 1. The third-order valence-corrected chi connectivity index (χ3v) is 3.79. The van der Waals surface area contributed by atoms with E-state index in [1.165, 1.54) is 23.9 Å². The van der Waals surface area contributed by atoms with E-state index in [1.54, 1.807) is 0 Å². The van der Waals surface area contributed by atoms with Crippen LogP contribution in [0.5, 0.6) is 0 Å². The zero-order chi connectivity index (χ0) is 11.0. The van der Waals surface area contributed by atoms with Crippen LogP contribution in [-0.4, -0.2) is 18.1 Å². The van der Waals surface area contributed by atoms with Crippen molar-refractivity contribution in [3.8, 4) is 0 Å². The van der Waals surface area contributed by atoms with Gasteiger partial charge in [0.1, 0.15) is 0 Å². The summed E-state index contributed by atoms with van der Waals surface area (Å²) in [5.41, 5.74) is 2.64. The van der Waals surface area contributed by atoms with E-state index in [-0.39, 0.29) is 0 Å². The standard InChI is InChI=1S/C13H15ClN2/c14-12-8-16-13-10(2-1-3-11(12)13)9-4-6-15-7-5-9/h1-3,8-9,15-16H,4-7H2. The lowest BCUT2D eigenvalue weighted by Gasteiger charge is -2.23. The second-order valence-electron chi connectivity index (χ2n) is 4.43. The van der Waals surface area contributed by atoms with Gasteiger partial charge in [-0.05, 0) is 37.4 Å². The third-order valence-electron chi connectivity index (χ3n) is 3.48. The Labute approximate surface area is 100.0 Å². The second kappa shape index (κ2) is 4.11. The van der Waals surface area contributed by atoms with Crippen LogP contribution in [-0.2, 0) is 0 Å². The van der Waals surface area contributed by atoms with E-state index >= 15 is 0 Å². The fourth-order valence-electron chi connectivity index (χ4n) is 2.62. The first-order valence-corrected chi connectivity index (χ1v) is 6.20. The molecule has 2 heterocycles. The van der Waals surface area contributed by atoms with E-state index in [1.807, 2.05) is 6.20 Å². The highest BCUT2D eigenvalue weighted by Crippen LogP contribution is 2.33. The predicted octanol–water partition coefficient (Wildman–Crippen LogP) is 3.29. The molecule has 2 nitrogen and oxygen atoms in total. The molecule has 16 heavy (non-hydrogen) atoms. The summed E-state index contributed by atoms with van der Waals surface area (Å²) in [4.78, 5) is 3.30. The van der Waals surface area contributed by atoms with Gasteiger partial charge in [-0.25, -0.2) is 0 Å². The van der Waals surface area contributed by atoms with Crippen molar-refractivity contribution < 1.29 is 0 Å². The molecular weight excluding hydrogens is 220 g/mol. The minimum atomic E-state index is 0.666. The Morgan fingerprint density at radius 2 is 2.00 bits per heavy atom. The lowest BCUT2D eigenvalue weighted by Crippen LogP contribution is -2.26. The Balaban J connectivity index is 2.08. The van der Waals surface area contributed by atoms with Gasteiger partial charge >= 0.3 is 0 Å². The average Bonchev–Trinajstić information content (AvgIpc) is 2.73. The summed E-state index contributed by atoms with van der Waals surface area (Å²) >= 11 is 6.14. The van der Waals surface area contributed by atoms with Crippen molar-refractivity contribution in [3.05, 3.63) is 35.0 Å². The summed E-state index contributed by atoms with van der Waals surface area (Å²) in [6.07, 6.45) is 4.32. The Bertz CT molecular complexity index is 498. The SMILES string of the molecule is Clc1c[nH]c2c(C3CCNCC3)cccc12. The number of fused-ring (bicyclic) bond motifs is 1. The maximum absolute atomic E-state index is 6.14. The molecule has 0 aliphatic carbocycles. The van der Waals surface area contributed by atoms with Crippen molar-refractivity contribution in [3.63, 3.8) is 0 Å². The molecule has 1 aliphatic heterocycles. The maximum atomic E-state index is 6.14. The Morgan fingerprint density at radius 1 is 1.19 bits per heavy atom. The van der Waals surface area contributed by atoms with E-state index in [0.29, 0.717) is 5.92 Å². The summed E-state index contributed by atoms with van der Waals surface area (Å²) in [6, 6.07) is 6.42. The van der Waals surface area contributed by atoms with Crippen LogP contribution in [0.3, 0.4) is 0 Å². The third kappa shape index (κ3) is 1.62. The highest BCUT2D eigenvalue weighted by Gasteiger charge is 2.18. The van der Waals surface area contributed by atoms with Crippen molar-refractivity contribution in [1.29, 1.82) is 0 Å². The van der Waals surface area contributed by atoms with Crippen molar-refractivity contribution >= 4 is 22.5 Å². The highest BCUT2D eigenvalue weighted by molar-refractivity contribution is 6.35. The van der Waals surface area contributed by atoms with Gasteiger partial charge < -0.3 is 10.3 Å². The second-order valence-corrected chi connectivity index (χ2v) is 4.84. The Hall–Kier alpha value is -0.990. The molecule has 2 aromatic rings. The largest absolute Gasteiger partial charge is 0.360 e. The van der Waals surface area contributed by atoms with Crippen LogP contribution in [0.4, 0.5) is 0 Å². The fraction of sp³-hybridized carbons (Fsp3) is 0.385. The van der Waals surface area contributed by atoms with Crippen LogP contribution < -0.4 is 5.32 Å². The highest BCUT2D eigenvalue weighted by atomic mass is 35.5. The summed E-state index contributed by atoms with van der Waals surface area (Å²) in [5.74, 6) is 0.666. The lowest BCUT2D eigenvalue weighted by atomic mass is 9.89. The molecule has 3 heteroatoms. The monoisotopic (exact) mass is 234 g/mol. The van der Waals surface area contributed by atoms with Crippen LogP contribution in [0.2, 0.25) is 5.02 Å². The summed E-state index contributed by atoms with van der Waals surface area (Å²) in [6.45, 7) is 2.24. The van der Waals surface area contributed by atoms with Gasteiger partial charge in [0.15, 0.2) is 0 Å². The molecule has 1 aromatic carbocycles. The van der Waals surface area contributed by atoms with Gasteiger partial charge in [-0.2, -0.15) is 0 Å². The van der Waals surface area contributed by atoms with Gasteiger partial charge in [0.2, 0.25) is 0 Å². The van der Waals surface area contributed by atoms with Crippen molar-refractivity contribution in [2.75, 3.05) is 13.1 Å². The predicted molar refractivity (Wildman–Crippen MR) is 68.2 cm³/mol. The molecule has 1 aliphatic rings. The topological polar surface area (TPSA) is 27.8 Å². The molecule has 2 N–H and O–H groups in total. The van der Waals surface area contributed by atoms with Gasteiger partial charge in [-0.1, -0.05) is 29.8 Å². The first-order chi connectivity index (χ1) is 7.86. The number of para-hydroxylation sites is 1. The molecular formula is C13H15ClN2. The first-order valence-electron chi connectivity index (χ1n) is 5.82. The minimum Gasteiger partial charge on any atom is -0.360 e. The molecule has 0 atom stereocenters. The first kappa shape index (κ1) is 10.2. The molecule has 3 rings (SSSR count). The lowest BCUT2D eigenvalue weighted by molar-refractivity contribution is 0.462. The van der Waals surface area contributed by atoms with Gasteiger partial charge in [0.25, 0.3) is 0 Å². The van der Waals surface area contributed by atoms with E-state index in [4.69, 9.17) is 11.6 Å². The van der Waals surface area contributed by atoms with Crippen LogP contribution >= 0.6 is 11.6 Å². The molecule has 0 saturated carbocycles. The van der Waals surface area contributed by atoms with Gasteiger partial charge in [-0.15, -0.1) is 0 Å². The van der Waals surface area contributed by atoms with Gasteiger partial charge in [0, 0.05) is 11.6 Å². The van der Waals surface area contributed by atoms with E-state index in [2.05, 4.69) is 28.5 Å². The van der Waals surface area contributed by atoms with Gasteiger partial charge in [0.05, 0.1) is 10.5 Å². The number of aromatic nitrogens is 1. The fourth-order valence-corrected chi connectivity index (χ4v) is 2.83. The Kier molecular flexibility index (Phi) is 2.62. The van der Waals surface area contributed by atoms with Crippen molar-refractivity contribution in [1.82, 2.24) is 10.3 Å². The average molecular weight is 235 g/mol. The van der Waals surface area contributed by atoms with E-state index in [9.17, 15) is 0 Å². The molecule has 0 amide bonds. The number of hydrogen-bond acceptors (Lipinski definition) is 1. The molecule has 0 unspecified atom stereocenters. The van der Waals surface area contributed by atoms with Crippen molar-refractivity contribution in [2.24, 2.45) is 0 Å². The molecule has 1 saturated heterocycles. The zero-order valence-corrected chi connectivity index (χ0v) is 9.85. The minimum absolute atomic E-state index is 0.666. The van der Waals surface area contributed by atoms with Crippen LogP contribution in [0.15, 0.2) is 24.4 Å². The summed E-state index contributed by atoms with van der Waals surface area (Å²) in [5, 5.41) is 5.38. The summed E-state index contributed by atoms with van der Waals surface area (Å²) < 4.78 is 0. The number of rotatable bonds is 1. The van der Waals surface area contributed by atoms with E-state index in [0.717, 1.165) is 23.5 Å². The molecule has 84 valence electrons. The summed E-state index contributed by atoms with van der Waals surface area (Å²) in [7, 11) is 0. The Morgan fingerprint density at radius 3 is 2.81 bits per heavy atom. The quantitative estimate of drug-likeness (QED) is 0.779. The van der Waals surface area contributed by atoms with Crippen LogP contribution in [0.1, 0.15) is 24.3 Å². The number of halogens is 1. The van der Waals surface area contributed by atoms with Crippen molar-refractivity contribution in [2.45, 2.75) is 18.8 Å². The molecule has 1 aromatic heterocycles. The smallest absolute Gasteiger partial charge is 0.0659 e. The number of aromatic amines is 1. The van der Waals surface area contributed by atoms with E-state index < -0.39 is 0 Å². The number of piperidine rings is 1. The molecule has 0 radical (unpaired) electrons. The number of H-pyrrole nitrogens is 1. The molecule has 0 bridgehead atoms. The van der Waals surface area contributed by atoms with Crippen LogP contribution in [0.25, 0.3) is 10.9 Å². The zero-order valence-electron chi connectivity index (χ0n) is 9.09. The maximum Gasteiger partial charge on any atom is 0.0659 e. The number of hydrogen-bond donors (Lipinski definition) is 2. The normalized spacial score (nSPS) is 18.1. The molecule has 1 fully saturated rings.